The van der Waals surface area contributed by atoms with Crippen LogP contribution < -0.4 is 19.3 Å². The lowest BCUT2D eigenvalue weighted by Crippen LogP contribution is -2.21. The molecule has 0 amide bonds. The third-order valence-electron chi connectivity index (χ3n) is 1.61. The first kappa shape index (κ1) is 11.6. The monoisotopic (exact) mass is 232 g/mol. The molecule has 0 heterocycles. The zero-order valence-corrected chi connectivity index (χ0v) is 9.17. The van der Waals surface area contributed by atoms with Crippen molar-refractivity contribution >= 4 is 15.9 Å². The molecule has 1 aromatic carbocycles. The maximum absolute atomic E-state index is 10.8. The standard InChI is InChI=1S/C8H12N2O4S/c1-13-7-3-6(10-15(9,11)12)4-8(5-7)14-2/h3-5,10H,1-2H3,(H2,9,11,12). The average molecular weight is 232 g/mol. The van der Waals surface area contributed by atoms with Crippen molar-refractivity contribution in [1.29, 1.82) is 0 Å². The number of methoxy groups -OCH3 is 2. The van der Waals surface area contributed by atoms with E-state index in [9.17, 15) is 8.42 Å². The molecule has 0 unspecified atom stereocenters. The van der Waals surface area contributed by atoms with Crippen molar-refractivity contribution < 1.29 is 17.9 Å². The van der Waals surface area contributed by atoms with Gasteiger partial charge in [0.05, 0.1) is 19.9 Å². The number of hydrogen-bond donors (Lipinski definition) is 2. The first-order valence-electron chi connectivity index (χ1n) is 3.98. The van der Waals surface area contributed by atoms with E-state index in [1.165, 1.54) is 26.4 Å². The van der Waals surface area contributed by atoms with Crippen LogP contribution in [-0.2, 0) is 10.2 Å². The van der Waals surface area contributed by atoms with Gasteiger partial charge in [-0.15, -0.1) is 0 Å². The van der Waals surface area contributed by atoms with Gasteiger partial charge in [-0.3, -0.25) is 4.72 Å². The van der Waals surface area contributed by atoms with Crippen molar-refractivity contribution in [2.24, 2.45) is 5.14 Å². The van der Waals surface area contributed by atoms with Crippen LogP contribution >= 0.6 is 0 Å². The van der Waals surface area contributed by atoms with E-state index in [1.807, 2.05) is 0 Å². The van der Waals surface area contributed by atoms with E-state index in [1.54, 1.807) is 6.07 Å². The molecule has 0 bridgehead atoms. The molecule has 0 aliphatic heterocycles. The van der Waals surface area contributed by atoms with Gasteiger partial charge in [0.1, 0.15) is 11.5 Å². The van der Waals surface area contributed by atoms with Gasteiger partial charge in [-0.05, 0) is 0 Å². The minimum atomic E-state index is -3.79. The lowest BCUT2D eigenvalue weighted by Gasteiger charge is -2.08. The molecule has 84 valence electrons. The summed E-state index contributed by atoms with van der Waals surface area (Å²) in [4.78, 5) is 0. The third-order valence-corrected chi connectivity index (χ3v) is 2.13. The molecular weight excluding hydrogens is 220 g/mol. The molecule has 0 spiro atoms. The average Bonchev–Trinajstić information content (AvgIpc) is 2.14. The molecule has 6 nitrogen and oxygen atoms in total. The minimum absolute atomic E-state index is 0.286. The molecule has 15 heavy (non-hydrogen) atoms. The highest BCUT2D eigenvalue weighted by Gasteiger charge is 2.06. The van der Waals surface area contributed by atoms with Gasteiger partial charge in [0, 0.05) is 18.2 Å². The van der Waals surface area contributed by atoms with Gasteiger partial charge in [-0.25, -0.2) is 5.14 Å². The molecule has 0 saturated heterocycles. The number of rotatable bonds is 4. The van der Waals surface area contributed by atoms with Gasteiger partial charge in [0.2, 0.25) is 0 Å². The van der Waals surface area contributed by atoms with E-state index in [0.717, 1.165) is 0 Å². The summed E-state index contributed by atoms with van der Waals surface area (Å²) in [7, 11) is -0.853. The van der Waals surface area contributed by atoms with Gasteiger partial charge in [-0.1, -0.05) is 0 Å². The minimum Gasteiger partial charge on any atom is -0.497 e. The summed E-state index contributed by atoms with van der Waals surface area (Å²) in [5.74, 6) is 0.945. The van der Waals surface area contributed by atoms with Gasteiger partial charge in [-0.2, -0.15) is 8.42 Å². The molecule has 1 aromatic rings. The van der Waals surface area contributed by atoms with Crippen molar-refractivity contribution in [1.82, 2.24) is 0 Å². The Morgan fingerprint density at radius 3 is 1.93 bits per heavy atom. The maximum atomic E-state index is 10.8. The normalized spacial score (nSPS) is 10.9. The van der Waals surface area contributed by atoms with Crippen molar-refractivity contribution in [3.8, 4) is 11.5 Å². The Morgan fingerprint density at radius 2 is 1.60 bits per heavy atom. The number of benzene rings is 1. The predicted molar refractivity (Wildman–Crippen MR) is 56.3 cm³/mol. The molecule has 3 N–H and O–H groups in total. The Balaban J connectivity index is 3.07. The number of ether oxygens (including phenoxy) is 2. The van der Waals surface area contributed by atoms with Crippen molar-refractivity contribution in [3.05, 3.63) is 18.2 Å². The van der Waals surface area contributed by atoms with Crippen LogP contribution in [0.15, 0.2) is 18.2 Å². The molecule has 0 fully saturated rings. The van der Waals surface area contributed by atoms with Crippen LogP contribution in [0.4, 0.5) is 5.69 Å². The Kier molecular flexibility index (Phi) is 3.38. The molecule has 0 aromatic heterocycles. The number of nitrogens with one attached hydrogen (secondary N) is 1. The van der Waals surface area contributed by atoms with E-state index in [0.29, 0.717) is 11.5 Å². The van der Waals surface area contributed by atoms with E-state index in [4.69, 9.17) is 14.6 Å². The molecule has 7 heteroatoms. The second-order valence-corrected chi connectivity index (χ2v) is 4.04. The largest absolute Gasteiger partial charge is 0.497 e. The van der Waals surface area contributed by atoms with E-state index >= 15 is 0 Å². The summed E-state index contributed by atoms with van der Waals surface area (Å²) in [6.07, 6.45) is 0. The molecule has 0 aliphatic rings. The van der Waals surface area contributed by atoms with Crippen LogP contribution in [0, 0.1) is 0 Å². The Morgan fingerprint density at radius 1 is 1.13 bits per heavy atom. The topological polar surface area (TPSA) is 90.6 Å². The fraction of sp³-hybridized carbons (Fsp3) is 0.250. The summed E-state index contributed by atoms with van der Waals surface area (Å²) in [5, 5.41) is 4.83. The SMILES string of the molecule is COc1cc(NS(N)(=O)=O)cc(OC)c1. The smallest absolute Gasteiger partial charge is 0.296 e. The fourth-order valence-electron chi connectivity index (χ4n) is 1.03. The molecule has 0 aliphatic carbocycles. The first-order chi connectivity index (χ1) is 6.94. The Labute approximate surface area is 88.2 Å². The lowest BCUT2D eigenvalue weighted by molar-refractivity contribution is 0.395. The highest BCUT2D eigenvalue weighted by atomic mass is 32.2. The Hall–Kier alpha value is -1.47. The predicted octanol–water partition coefficient (Wildman–Crippen LogP) is 0.319. The molecule has 0 radical (unpaired) electrons. The van der Waals surface area contributed by atoms with Gasteiger partial charge >= 0.3 is 0 Å². The molecular formula is C8H12N2O4S. The number of nitrogens with two attached hydrogens (primary N) is 1. The molecule has 0 atom stereocenters. The molecule has 0 saturated carbocycles. The van der Waals surface area contributed by atoms with Gasteiger partial charge < -0.3 is 9.47 Å². The lowest BCUT2D eigenvalue weighted by atomic mass is 10.3. The van der Waals surface area contributed by atoms with Crippen LogP contribution in [0.1, 0.15) is 0 Å². The zero-order valence-electron chi connectivity index (χ0n) is 8.35. The van der Waals surface area contributed by atoms with Crippen molar-refractivity contribution in [3.63, 3.8) is 0 Å². The molecule has 1 rings (SSSR count). The summed E-state index contributed by atoms with van der Waals surface area (Å²) in [5.41, 5.74) is 0.286. The van der Waals surface area contributed by atoms with Crippen LogP contribution in [-0.4, -0.2) is 22.6 Å². The second kappa shape index (κ2) is 4.37. The highest BCUT2D eigenvalue weighted by Crippen LogP contribution is 2.25. The summed E-state index contributed by atoms with van der Waals surface area (Å²) >= 11 is 0. The Bertz CT molecular complexity index is 422. The van der Waals surface area contributed by atoms with Gasteiger partial charge in [0.25, 0.3) is 10.2 Å². The number of hydrogen-bond acceptors (Lipinski definition) is 4. The highest BCUT2D eigenvalue weighted by molar-refractivity contribution is 7.90. The number of anilines is 1. The van der Waals surface area contributed by atoms with E-state index < -0.39 is 10.2 Å². The van der Waals surface area contributed by atoms with Crippen LogP contribution in [0.2, 0.25) is 0 Å². The second-order valence-electron chi connectivity index (χ2n) is 2.75. The third kappa shape index (κ3) is 3.64. The van der Waals surface area contributed by atoms with E-state index in [2.05, 4.69) is 4.72 Å². The van der Waals surface area contributed by atoms with Gasteiger partial charge in [0.15, 0.2) is 0 Å². The van der Waals surface area contributed by atoms with Crippen molar-refractivity contribution in [2.75, 3.05) is 18.9 Å². The first-order valence-corrected chi connectivity index (χ1v) is 5.53. The quantitative estimate of drug-likeness (QED) is 0.782. The van der Waals surface area contributed by atoms with Crippen LogP contribution in [0.25, 0.3) is 0 Å². The van der Waals surface area contributed by atoms with Crippen LogP contribution in [0.3, 0.4) is 0 Å². The van der Waals surface area contributed by atoms with Crippen LogP contribution in [0.5, 0.6) is 11.5 Å². The summed E-state index contributed by atoms with van der Waals surface area (Å²) in [6, 6.07) is 4.61. The summed E-state index contributed by atoms with van der Waals surface area (Å²) < 4.78 is 33.6. The van der Waals surface area contributed by atoms with Crippen molar-refractivity contribution in [2.45, 2.75) is 0 Å². The summed E-state index contributed by atoms with van der Waals surface area (Å²) in [6.45, 7) is 0. The maximum Gasteiger partial charge on any atom is 0.296 e. The fourth-order valence-corrected chi connectivity index (χ4v) is 1.48. The van der Waals surface area contributed by atoms with E-state index in [-0.39, 0.29) is 5.69 Å². The zero-order chi connectivity index (χ0) is 11.5.